The van der Waals surface area contributed by atoms with Gasteiger partial charge in [0, 0.05) is 30.6 Å². The number of pyridine rings is 1. The number of aromatic carboxylic acids is 1. The lowest BCUT2D eigenvalue weighted by molar-refractivity contribution is 0.0690. The van der Waals surface area contributed by atoms with Crippen LogP contribution in [0.25, 0.3) is 0 Å². The van der Waals surface area contributed by atoms with Crippen LogP contribution < -0.4 is 10.6 Å². The number of hydrogen-bond acceptors (Lipinski definition) is 5. The number of nitrogens with zero attached hydrogens (tertiary/aromatic N) is 1. The molecule has 8 heteroatoms. The fourth-order valence-corrected chi connectivity index (χ4v) is 2.66. The van der Waals surface area contributed by atoms with E-state index in [0.717, 1.165) is 25.5 Å². The molecule has 3 N–H and O–H groups in total. The predicted octanol–water partition coefficient (Wildman–Crippen LogP) is 2.76. The Bertz CT molecular complexity index is 822. The number of amides is 1. The number of carboxylic acid groups (broad SMARTS) is 1. The first kappa shape index (κ1) is 17.8. The fourth-order valence-electron chi connectivity index (χ4n) is 2.66. The molecule has 0 radical (unpaired) electrons. The molecule has 1 unspecified atom stereocenters. The Kier molecular flexibility index (Phi) is 5.43. The van der Waals surface area contributed by atoms with Crippen LogP contribution in [0.4, 0.5) is 15.8 Å². The number of carbonyl (C=O) groups excluding carboxylic acids is 1. The quantitative estimate of drug-likeness (QED) is 0.733. The fraction of sp³-hybridized carbons (Fsp3) is 0.278. The molecule has 1 aliphatic rings. The summed E-state index contributed by atoms with van der Waals surface area (Å²) in [6.45, 7) is 1.26. The van der Waals surface area contributed by atoms with Crippen molar-refractivity contribution in [3.63, 3.8) is 0 Å². The van der Waals surface area contributed by atoms with Gasteiger partial charge in [-0.2, -0.15) is 0 Å². The molecule has 2 heterocycles. The minimum Gasteiger partial charge on any atom is -0.477 e. The largest absolute Gasteiger partial charge is 0.477 e. The summed E-state index contributed by atoms with van der Waals surface area (Å²) in [4.78, 5) is 26.8. The van der Waals surface area contributed by atoms with Gasteiger partial charge >= 0.3 is 5.97 Å². The van der Waals surface area contributed by atoms with E-state index < -0.39 is 17.7 Å². The van der Waals surface area contributed by atoms with Crippen LogP contribution in [-0.4, -0.2) is 41.2 Å². The zero-order valence-corrected chi connectivity index (χ0v) is 13.9. The standard InChI is InChI=1S/C18H18FN3O4/c19-14-9-12(3-4-15(14)21-10-13-2-1-7-26-13)22-17(23)11-5-6-20-16(8-11)18(24)25/h3-6,8-9,13,21H,1-2,7,10H2,(H,22,23)(H,24,25). The lowest BCUT2D eigenvalue weighted by Crippen LogP contribution is -2.19. The highest BCUT2D eigenvalue weighted by molar-refractivity contribution is 6.05. The van der Waals surface area contributed by atoms with Crippen LogP contribution in [0.1, 0.15) is 33.7 Å². The number of ether oxygens (including phenoxy) is 1. The highest BCUT2D eigenvalue weighted by atomic mass is 19.1. The first-order valence-corrected chi connectivity index (χ1v) is 8.18. The summed E-state index contributed by atoms with van der Waals surface area (Å²) in [6.07, 6.45) is 3.28. The average molecular weight is 359 g/mol. The highest BCUT2D eigenvalue weighted by Crippen LogP contribution is 2.21. The number of halogens is 1. The van der Waals surface area contributed by atoms with Gasteiger partial charge in [0.1, 0.15) is 11.5 Å². The Morgan fingerprint density at radius 1 is 1.31 bits per heavy atom. The lowest BCUT2D eigenvalue weighted by atomic mass is 10.2. The summed E-state index contributed by atoms with van der Waals surface area (Å²) in [6, 6.07) is 6.85. The normalized spacial score (nSPS) is 16.3. The summed E-state index contributed by atoms with van der Waals surface area (Å²) >= 11 is 0. The molecule has 0 saturated carbocycles. The predicted molar refractivity (Wildman–Crippen MR) is 93.0 cm³/mol. The van der Waals surface area contributed by atoms with E-state index in [1.165, 1.54) is 24.4 Å². The molecule has 1 aromatic carbocycles. The van der Waals surface area contributed by atoms with Gasteiger partial charge in [-0.3, -0.25) is 4.79 Å². The molecule has 1 atom stereocenters. The summed E-state index contributed by atoms with van der Waals surface area (Å²) < 4.78 is 19.7. The van der Waals surface area contributed by atoms with Gasteiger partial charge in [0.15, 0.2) is 0 Å². The SMILES string of the molecule is O=C(Nc1ccc(NCC2CCCO2)c(F)c1)c1ccnc(C(=O)O)c1. The van der Waals surface area contributed by atoms with Crippen LogP contribution in [0.5, 0.6) is 0 Å². The molecule has 1 saturated heterocycles. The third-order valence-electron chi connectivity index (χ3n) is 4.01. The second-order valence-corrected chi connectivity index (χ2v) is 5.90. The van der Waals surface area contributed by atoms with Crippen LogP contribution in [-0.2, 0) is 4.74 Å². The molecule has 136 valence electrons. The van der Waals surface area contributed by atoms with Crippen LogP contribution in [0.2, 0.25) is 0 Å². The van der Waals surface area contributed by atoms with Crippen LogP contribution in [0.15, 0.2) is 36.5 Å². The van der Waals surface area contributed by atoms with Gasteiger partial charge in [0.25, 0.3) is 5.91 Å². The third-order valence-corrected chi connectivity index (χ3v) is 4.01. The van der Waals surface area contributed by atoms with Gasteiger partial charge < -0.3 is 20.5 Å². The van der Waals surface area contributed by atoms with Crippen molar-refractivity contribution in [3.05, 3.63) is 53.6 Å². The maximum atomic E-state index is 14.2. The van der Waals surface area contributed by atoms with Gasteiger partial charge in [-0.05, 0) is 43.2 Å². The molecular weight excluding hydrogens is 341 g/mol. The van der Waals surface area contributed by atoms with Crippen LogP contribution in [0.3, 0.4) is 0 Å². The molecular formula is C18H18FN3O4. The molecule has 0 aliphatic carbocycles. The number of nitrogens with one attached hydrogen (secondary N) is 2. The van der Waals surface area contributed by atoms with Gasteiger partial charge in [-0.25, -0.2) is 14.2 Å². The number of carbonyl (C=O) groups is 2. The minimum atomic E-state index is -1.23. The molecule has 1 aliphatic heterocycles. The summed E-state index contributed by atoms with van der Waals surface area (Å²) in [5.41, 5.74) is 0.482. The van der Waals surface area contributed by atoms with Gasteiger partial charge in [-0.15, -0.1) is 0 Å². The van der Waals surface area contributed by atoms with E-state index in [1.54, 1.807) is 6.07 Å². The van der Waals surface area contributed by atoms with Crippen molar-refractivity contribution in [3.8, 4) is 0 Å². The second kappa shape index (κ2) is 7.92. The van der Waals surface area contributed by atoms with Gasteiger partial charge in [0.05, 0.1) is 11.8 Å². The van der Waals surface area contributed by atoms with Crippen LogP contribution in [0, 0.1) is 5.82 Å². The van der Waals surface area contributed by atoms with Gasteiger partial charge in [0.2, 0.25) is 0 Å². The smallest absolute Gasteiger partial charge is 0.354 e. The number of benzene rings is 1. The maximum Gasteiger partial charge on any atom is 0.354 e. The molecule has 3 rings (SSSR count). The molecule has 2 aromatic rings. The Balaban J connectivity index is 1.64. The van der Waals surface area contributed by atoms with Crippen molar-refractivity contribution < 1.29 is 23.8 Å². The maximum absolute atomic E-state index is 14.2. The molecule has 0 spiro atoms. The lowest BCUT2D eigenvalue weighted by Gasteiger charge is -2.13. The van der Waals surface area contributed by atoms with E-state index >= 15 is 0 Å². The molecule has 0 bridgehead atoms. The van der Waals surface area contributed by atoms with E-state index in [4.69, 9.17) is 9.84 Å². The van der Waals surface area contributed by atoms with E-state index in [0.29, 0.717) is 12.2 Å². The minimum absolute atomic E-state index is 0.0869. The van der Waals surface area contributed by atoms with Crippen molar-refractivity contribution in [1.29, 1.82) is 0 Å². The molecule has 1 aromatic heterocycles. The molecule has 1 fully saturated rings. The van der Waals surface area contributed by atoms with Crippen LogP contribution >= 0.6 is 0 Å². The third kappa shape index (κ3) is 4.34. The number of carboxylic acids is 1. The Labute approximate surface area is 149 Å². The molecule has 7 nitrogen and oxygen atoms in total. The van der Waals surface area contributed by atoms with Crippen molar-refractivity contribution in [2.45, 2.75) is 18.9 Å². The number of rotatable bonds is 6. The van der Waals surface area contributed by atoms with E-state index in [1.807, 2.05) is 0 Å². The van der Waals surface area contributed by atoms with Crippen molar-refractivity contribution in [2.24, 2.45) is 0 Å². The first-order valence-electron chi connectivity index (χ1n) is 8.18. The average Bonchev–Trinajstić information content (AvgIpc) is 3.14. The monoisotopic (exact) mass is 359 g/mol. The van der Waals surface area contributed by atoms with E-state index in [9.17, 15) is 14.0 Å². The topological polar surface area (TPSA) is 101 Å². The summed E-state index contributed by atoms with van der Waals surface area (Å²) in [5, 5.41) is 14.5. The van der Waals surface area contributed by atoms with E-state index in [-0.39, 0.29) is 23.0 Å². The summed E-state index contributed by atoms with van der Waals surface area (Å²) in [7, 11) is 0. The number of hydrogen-bond donors (Lipinski definition) is 3. The highest BCUT2D eigenvalue weighted by Gasteiger charge is 2.16. The molecule has 1 amide bonds. The summed E-state index contributed by atoms with van der Waals surface area (Å²) in [5.74, 6) is -2.27. The zero-order chi connectivity index (χ0) is 18.5. The Hall–Kier alpha value is -3.00. The Morgan fingerprint density at radius 3 is 2.85 bits per heavy atom. The van der Waals surface area contributed by atoms with Gasteiger partial charge in [-0.1, -0.05) is 0 Å². The van der Waals surface area contributed by atoms with Crippen molar-refractivity contribution in [1.82, 2.24) is 4.98 Å². The number of aromatic nitrogens is 1. The van der Waals surface area contributed by atoms with Crippen molar-refractivity contribution >= 4 is 23.3 Å². The zero-order valence-electron chi connectivity index (χ0n) is 13.9. The van der Waals surface area contributed by atoms with E-state index in [2.05, 4.69) is 15.6 Å². The van der Waals surface area contributed by atoms with Crippen molar-refractivity contribution in [2.75, 3.05) is 23.8 Å². The first-order chi connectivity index (χ1) is 12.5. The Morgan fingerprint density at radius 2 is 2.15 bits per heavy atom. The second-order valence-electron chi connectivity index (χ2n) is 5.90. The molecule has 26 heavy (non-hydrogen) atoms. The number of anilines is 2.